The van der Waals surface area contributed by atoms with Crippen molar-refractivity contribution in [3.05, 3.63) is 0 Å². The molecule has 2 atom stereocenters. The zero-order chi connectivity index (χ0) is 10.6. The summed E-state index contributed by atoms with van der Waals surface area (Å²) in [6, 6.07) is 2.00. The fraction of sp³-hybridized carbons (Fsp3) is 0.800. The molecule has 1 heterocycles. The zero-order valence-electron chi connectivity index (χ0n) is 8.71. The molecule has 1 amide bonds. The van der Waals surface area contributed by atoms with Crippen molar-refractivity contribution >= 4 is 5.91 Å². The Morgan fingerprint density at radius 1 is 1.64 bits per heavy atom. The van der Waals surface area contributed by atoms with Gasteiger partial charge in [-0.15, -0.1) is 0 Å². The monoisotopic (exact) mass is 195 g/mol. The number of amides is 1. The molecule has 0 aliphatic carbocycles. The lowest BCUT2D eigenvalue weighted by Crippen LogP contribution is -2.50. The van der Waals surface area contributed by atoms with Crippen LogP contribution in [0, 0.1) is 23.2 Å². The molecule has 1 aliphatic rings. The van der Waals surface area contributed by atoms with Crippen LogP contribution in [-0.4, -0.2) is 25.0 Å². The summed E-state index contributed by atoms with van der Waals surface area (Å²) in [5, 5.41) is 14.4. The predicted octanol–water partition coefficient (Wildman–Crippen LogP) is 0.260. The summed E-state index contributed by atoms with van der Waals surface area (Å²) in [7, 11) is 0. The van der Waals surface area contributed by atoms with E-state index in [2.05, 4.69) is 10.6 Å². The lowest BCUT2D eigenvalue weighted by atomic mass is 9.88. The van der Waals surface area contributed by atoms with Gasteiger partial charge in [-0.2, -0.15) is 5.26 Å². The standard InChI is InChI=1S/C10H17N3O/c1-7(3-4-11)13-10(14)8(2)9-5-12-6-9/h7-9,12H,3,5-6H2,1-2H3,(H,13,14). The third-order valence-corrected chi connectivity index (χ3v) is 2.72. The minimum Gasteiger partial charge on any atom is -0.352 e. The molecule has 4 heteroatoms. The predicted molar refractivity (Wildman–Crippen MR) is 53.4 cm³/mol. The molecule has 1 fully saturated rings. The highest BCUT2D eigenvalue weighted by atomic mass is 16.1. The maximum absolute atomic E-state index is 11.6. The van der Waals surface area contributed by atoms with Crippen molar-refractivity contribution in [2.45, 2.75) is 26.3 Å². The van der Waals surface area contributed by atoms with Crippen LogP contribution < -0.4 is 10.6 Å². The van der Waals surface area contributed by atoms with E-state index in [0.717, 1.165) is 13.1 Å². The van der Waals surface area contributed by atoms with E-state index in [1.165, 1.54) is 0 Å². The third-order valence-electron chi connectivity index (χ3n) is 2.72. The summed E-state index contributed by atoms with van der Waals surface area (Å²) in [5.41, 5.74) is 0. The Morgan fingerprint density at radius 2 is 2.29 bits per heavy atom. The smallest absolute Gasteiger partial charge is 0.223 e. The molecule has 4 nitrogen and oxygen atoms in total. The van der Waals surface area contributed by atoms with Crippen LogP contribution in [0.4, 0.5) is 0 Å². The first-order valence-electron chi connectivity index (χ1n) is 5.03. The average Bonchev–Trinajstić information content (AvgIpc) is 2.01. The van der Waals surface area contributed by atoms with Crippen LogP contribution >= 0.6 is 0 Å². The van der Waals surface area contributed by atoms with Gasteiger partial charge in [0.15, 0.2) is 0 Å². The molecule has 1 rings (SSSR count). The Labute approximate surface area is 84.7 Å². The molecule has 2 N–H and O–H groups in total. The Bertz CT molecular complexity index is 242. The van der Waals surface area contributed by atoms with Gasteiger partial charge in [0.2, 0.25) is 5.91 Å². The Hall–Kier alpha value is -1.08. The molecular weight excluding hydrogens is 178 g/mol. The molecule has 0 aromatic carbocycles. The maximum Gasteiger partial charge on any atom is 0.223 e. The fourth-order valence-corrected chi connectivity index (χ4v) is 1.44. The van der Waals surface area contributed by atoms with Gasteiger partial charge in [0.25, 0.3) is 0 Å². The van der Waals surface area contributed by atoms with Gasteiger partial charge in [0, 0.05) is 12.0 Å². The number of hydrogen-bond donors (Lipinski definition) is 2. The molecule has 0 aromatic rings. The highest BCUT2D eigenvalue weighted by Gasteiger charge is 2.28. The van der Waals surface area contributed by atoms with Crippen molar-refractivity contribution in [3.63, 3.8) is 0 Å². The second-order valence-corrected chi connectivity index (χ2v) is 3.98. The molecule has 14 heavy (non-hydrogen) atoms. The SMILES string of the molecule is CC(CC#N)NC(=O)C(C)C1CNC1. The summed E-state index contributed by atoms with van der Waals surface area (Å²) in [6.45, 7) is 5.66. The van der Waals surface area contributed by atoms with Crippen LogP contribution in [0.25, 0.3) is 0 Å². The van der Waals surface area contributed by atoms with Crippen molar-refractivity contribution in [2.24, 2.45) is 11.8 Å². The Morgan fingerprint density at radius 3 is 2.71 bits per heavy atom. The van der Waals surface area contributed by atoms with Crippen molar-refractivity contribution in [1.29, 1.82) is 5.26 Å². The molecule has 0 aromatic heterocycles. The van der Waals surface area contributed by atoms with Gasteiger partial charge in [-0.1, -0.05) is 6.92 Å². The molecule has 0 saturated carbocycles. The van der Waals surface area contributed by atoms with Crippen molar-refractivity contribution in [3.8, 4) is 6.07 Å². The number of nitriles is 1. The van der Waals surface area contributed by atoms with Gasteiger partial charge in [-0.25, -0.2) is 0 Å². The first kappa shape index (κ1) is 11.0. The largest absolute Gasteiger partial charge is 0.352 e. The number of nitrogens with zero attached hydrogens (tertiary/aromatic N) is 1. The Balaban J connectivity index is 2.29. The van der Waals surface area contributed by atoms with Gasteiger partial charge >= 0.3 is 0 Å². The molecular formula is C10H17N3O. The lowest BCUT2D eigenvalue weighted by molar-refractivity contribution is -0.127. The average molecular weight is 195 g/mol. The number of nitrogens with one attached hydrogen (secondary N) is 2. The van der Waals surface area contributed by atoms with E-state index >= 15 is 0 Å². The normalized spacial score (nSPS) is 20.4. The quantitative estimate of drug-likeness (QED) is 0.676. The van der Waals surface area contributed by atoms with Crippen molar-refractivity contribution < 1.29 is 4.79 Å². The fourth-order valence-electron chi connectivity index (χ4n) is 1.44. The number of carbonyl (C=O) groups is 1. The number of rotatable bonds is 4. The maximum atomic E-state index is 11.6. The van der Waals surface area contributed by atoms with E-state index in [4.69, 9.17) is 5.26 Å². The molecule has 0 radical (unpaired) electrons. The lowest BCUT2D eigenvalue weighted by Gasteiger charge is -2.32. The van der Waals surface area contributed by atoms with Gasteiger partial charge < -0.3 is 10.6 Å². The van der Waals surface area contributed by atoms with E-state index in [9.17, 15) is 4.79 Å². The van der Waals surface area contributed by atoms with Crippen LogP contribution in [0.1, 0.15) is 20.3 Å². The Kier molecular flexibility index (Phi) is 3.90. The second kappa shape index (κ2) is 4.97. The number of hydrogen-bond acceptors (Lipinski definition) is 3. The van der Waals surface area contributed by atoms with Crippen LogP contribution in [0.5, 0.6) is 0 Å². The number of carbonyl (C=O) groups excluding carboxylic acids is 1. The highest BCUT2D eigenvalue weighted by molar-refractivity contribution is 5.79. The second-order valence-electron chi connectivity index (χ2n) is 3.98. The topological polar surface area (TPSA) is 64.9 Å². The summed E-state index contributed by atoms with van der Waals surface area (Å²) < 4.78 is 0. The van der Waals surface area contributed by atoms with Gasteiger partial charge in [-0.05, 0) is 25.9 Å². The molecule has 1 saturated heterocycles. The van der Waals surface area contributed by atoms with E-state index in [0.29, 0.717) is 12.3 Å². The minimum absolute atomic E-state index is 0.0389. The molecule has 78 valence electrons. The van der Waals surface area contributed by atoms with Crippen LogP contribution in [0.3, 0.4) is 0 Å². The zero-order valence-corrected chi connectivity index (χ0v) is 8.71. The van der Waals surface area contributed by atoms with E-state index in [1.807, 2.05) is 19.9 Å². The van der Waals surface area contributed by atoms with Gasteiger partial charge in [-0.3, -0.25) is 4.79 Å². The molecule has 0 bridgehead atoms. The summed E-state index contributed by atoms with van der Waals surface area (Å²) in [4.78, 5) is 11.6. The van der Waals surface area contributed by atoms with Crippen LogP contribution in [0.2, 0.25) is 0 Å². The summed E-state index contributed by atoms with van der Waals surface area (Å²) >= 11 is 0. The molecule has 0 spiro atoms. The summed E-state index contributed by atoms with van der Waals surface area (Å²) in [5.74, 6) is 0.584. The first-order chi connectivity index (χ1) is 6.65. The van der Waals surface area contributed by atoms with Gasteiger partial charge in [0.1, 0.15) is 0 Å². The molecule has 2 unspecified atom stereocenters. The van der Waals surface area contributed by atoms with E-state index in [-0.39, 0.29) is 17.9 Å². The van der Waals surface area contributed by atoms with E-state index < -0.39 is 0 Å². The van der Waals surface area contributed by atoms with Crippen molar-refractivity contribution in [2.75, 3.05) is 13.1 Å². The highest BCUT2D eigenvalue weighted by Crippen LogP contribution is 2.15. The van der Waals surface area contributed by atoms with Gasteiger partial charge in [0.05, 0.1) is 12.5 Å². The van der Waals surface area contributed by atoms with Crippen LogP contribution in [-0.2, 0) is 4.79 Å². The first-order valence-corrected chi connectivity index (χ1v) is 5.03. The summed E-state index contributed by atoms with van der Waals surface area (Å²) in [6.07, 6.45) is 0.376. The molecule has 1 aliphatic heterocycles. The minimum atomic E-state index is -0.0389. The third kappa shape index (κ3) is 2.71. The van der Waals surface area contributed by atoms with E-state index in [1.54, 1.807) is 0 Å². The van der Waals surface area contributed by atoms with Crippen molar-refractivity contribution in [1.82, 2.24) is 10.6 Å². The van der Waals surface area contributed by atoms with Crippen LogP contribution in [0.15, 0.2) is 0 Å².